The molecule has 0 saturated heterocycles. The summed E-state index contributed by atoms with van der Waals surface area (Å²) < 4.78 is 0. The maximum Gasteiger partial charge on any atom is 0.185 e. The fourth-order valence-electron chi connectivity index (χ4n) is 4.79. The first kappa shape index (κ1) is 15.0. The summed E-state index contributed by atoms with van der Waals surface area (Å²) in [6.07, 6.45) is 0. The summed E-state index contributed by atoms with van der Waals surface area (Å²) in [7, 11) is 0. The molecule has 0 amide bonds. The highest BCUT2D eigenvalue weighted by Gasteiger charge is 2.51. The lowest BCUT2D eigenvalue weighted by atomic mass is 9.54. The molecule has 3 aliphatic carbocycles. The Morgan fingerprint density at radius 1 is 0.800 bits per heavy atom. The zero-order valence-electron chi connectivity index (χ0n) is 14.0. The third kappa shape index (κ3) is 1.89. The van der Waals surface area contributed by atoms with Crippen molar-refractivity contribution in [3.63, 3.8) is 0 Å². The van der Waals surface area contributed by atoms with Gasteiger partial charge in [0.15, 0.2) is 5.12 Å². The predicted octanol–water partition coefficient (Wildman–Crippen LogP) is 5.11. The summed E-state index contributed by atoms with van der Waals surface area (Å²) in [4.78, 5) is 11.9. The van der Waals surface area contributed by atoms with Crippen LogP contribution >= 0.6 is 11.8 Å². The van der Waals surface area contributed by atoms with Gasteiger partial charge in [0.05, 0.1) is 5.41 Å². The molecular weight excluding hydrogens is 324 g/mol. The molecule has 1 nitrogen and oxygen atoms in total. The van der Waals surface area contributed by atoms with Crippen LogP contribution in [0.1, 0.15) is 46.2 Å². The van der Waals surface area contributed by atoms with Gasteiger partial charge in [-0.25, -0.2) is 0 Å². The van der Waals surface area contributed by atoms with E-state index in [1.165, 1.54) is 45.1 Å². The Hall–Kier alpha value is -2.32. The topological polar surface area (TPSA) is 17.1 Å². The first-order valence-electron chi connectivity index (χ1n) is 8.65. The molecule has 0 saturated carbocycles. The second-order valence-electron chi connectivity index (χ2n) is 6.88. The highest BCUT2D eigenvalue weighted by molar-refractivity contribution is 8.13. The number of carbonyl (C=O) groups excluding carboxylic acids is 1. The van der Waals surface area contributed by atoms with Crippen molar-refractivity contribution in [3.05, 3.63) is 106 Å². The van der Waals surface area contributed by atoms with Gasteiger partial charge in [0.1, 0.15) is 0 Å². The molecule has 3 aliphatic rings. The van der Waals surface area contributed by atoms with E-state index in [4.69, 9.17) is 0 Å². The van der Waals surface area contributed by atoms with Gasteiger partial charge in [-0.1, -0.05) is 84.6 Å². The first-order valence-corrected chi connectivity index (χ1v) is 9.63. The van der Waals surface area contributed by atoms with E-state index in [9.17, 15) is 4.79 Å². The SMILES string of the molecule is CC(=O)SCC12c3ccccc3C(c3ccccc31)c1ccccc12. The minimum Gasteiger partial charge on any atom is -0.288 e. The lowest BCUT2D eigenvalue weighted by Gasteiger charge is -2.50. The average Bonchev–Trinajstić information content (AvgIpc) is 2.66. The van der Waals surface area contributed by atoms with Gasteiger partial charge in [-0.3, -0.25) is 4.79 Å². The average molecular weight is 342 g/mol. The number of carbonyl (C=O) groups is 1. The molecule has 122 valence electrons. The summed E-state index contributed by atoms with van der Waals surface area (Å²) in [6.45, 7) is 1.67. The quantitative estimate of drug-likeness (QED) is 0.644. The minimum absolute atomic E-state index is 0.175. The Balaban J connectivity index is 1.90. The number of hydrogen-bond donors (Lipinski definition) is 0. The van der Waals surface area contributed by atoms with Gasteiger partial charge >= 0.3 is 0 Å². The molecule has 0 fully saturated rings. The molecule has 2 heteroatoms. The summed E-state index contributed by atoms with van der Waals surface area (Å²) in [5.74, 6) is 1.05. The Morgan fingerprint density at radius 3 is 1.60 bits per heavy atom. The van der Waals surface area contributed by atoms with Gasteiger partial charge in [0.2, 0.25) is 0 Å². The fourth-order valence-corrected chi connectivity index (χ4v) is 5.68. The molecule has 0 N–H and O–H groups in total. The largest absolute Gasteiger partial charge is 0.288 e. The molecule has 6 rings (SSSR count). The summed E-state index contributed by atoms with van der Waals surface area (Å²) in [5, 5.41) is 0.175. The van der Waals surface area contributed by atoms with Gasteiger partial charge in [-0.2, -0.15) is 0 Å². The van der Waals surface area contributed by atoms with Crippen molar-refractivity contribution in [2.24, 2.45) is 0 Å². The minimum atomic E-state index is -0.241. The van der Waals surface area contributed by atoms with Crippen molar-refractivity contribution >= 4 is 16.9 Å². The number of thioether (sulfide) groups is 1. The van der Waals surface area contributed by atoms with E-state index in [2.05, 4.69) is 72.8 Å². The van der Waals surface area contributed by atoms with Crippen molar-refractivity contribution in [1.82, 2.24) is 0 Å². The summed E-state index contributed by atoms with van der Waals surface area (Å²) in [6, 6.07) is 26.4. The fraction of sp³-hybridized carbons (Fsp3) is 0.174. The smallest absolute Gasteiger partial charge is 0.185 e. The maximum atomic E-state index is 11.9. The molecule has 0 aromatic heterocycles. The lowest BCUT2D eigenvalue weighted by Crippen LogP contribution is -2.44. The van der Waals surface area contributed by atoms with E-state index in [-0.39, 0.29) is 10.5 Å². The second kappa shape index (κ2) is 5.34. The first-order chi connectivity index (χ1) is 12.2. The molecule has 0 radical (unpaired) electrons. The van der Waals surface area contributed by atoms with Crippen molar-refractivity contribution in [2.75, 3.05) is 5.75 Å². The maximum absolute atomic E-state index is 11.9. The molecule has 0 spiro atoms. The number of benzene rings is 3. The molecule has 0 heterocycles. The van der Waals surface area contributed by atoms with Gasteiger partial charge < -0.3 is 0 Å². The monoisotopic (exact) mass is 342 g/mol. The van der Waals surface area contributed by atoms with Crippen LogP contribution in [-0.2, 0) is 10.2 Å². The molecule has 3 aromatic carbocycles. The van der Waals surface area contributed by atoms with Crippen LogP contribution in [0.25, 0.3) is 0 Å². The molecule has 3 aromatic rings. The van der Waals surface area contributed by atoms with Crippen molar-refractivity contribution < 1.29 is 4.79 Å². The van der Waals surface area contributed by atoms with E-state index >= 15 is 0 Å². The summed E-state index contributed by atoms with van der Waals surface area (Å²) >= 11 is 1.44. The predicted molar refractivity (Wildman–Crippen MR) is 103 cm³/mol. The van der Waals surface area contributed by atoms with Crippen molar-refractivity contribution in [3.8, 4) is 0 Å². The normalized spacial score (nSPS) is 22.0. The van der Waals surface area contributed by atoms with Crippen LogP contribution in [0.4, 0.5) is 0 Å². The third-order valence-corrected chi connectivity index (χ3v) is 6.67. The van der Waals surface area contributed by atoms with Gasteiger partial charge in [-0.05, 0) is 33.4 Å². The van der Waals surface area contributed by atoms with Gasteiger partial charge in [0, 0.05) is 18.6 Å². The summed E-state index contributed by atoms with van der Waals surface area (Å²) in [5.41, 5.74) is 8.04. The van der Waals surface area contributed by atoms with Gasteiger partial charge in [-0.15, -0.1) is 0 Å². The van der Waals surface area contributed by atoms with Crippen molar-refractivity contribution in [2.45, 2.75) is 18.3 Å². The van der Waals surface area contributed by atoms with Crippen LogP contribution in [0.15, 0.2) is 72.8 Å². The Kier molecular flexibility index (Phi) is 3.20. The molecule has 0 aliphatic heterocycles. The standard InChI is InChI=1S/C23H18OS/c1-15(24)25-14-23-19-11-5-2-8-16(19)22(17-9-3-6-12-20(17)23)18-10-4-7-13-21(18)23/h2-13,22H,14H2,1H3. The molecule has 0 unspecified atom stereocenters. The van der Waals surface area contributed by atoms with Crippen LogP contribution in [0.5, 0.6) is 0 Å². The number of rotatable bonds is 2. The second-order valence-corrected chi connectivity index (χ2v) is 8.03. The van der Waals surface area contributed by atoms with E-state index in [1.807, 2.05) is 0 Å². The van der Waals surface area contributed by atoms with Crippen LogP contribution in [0.3, 0.4) is 0 Å². The Bertz CT molecular complexity index is 889. The van der Waals surface area contributed by atoms with Crippen LogP contribution in [0, 0.1) is 0 Å². The highest BCUT2D eigenvalue weighted by Crippen LogP contribution is 2.59. The van der Waals surface area contributed by atoms with Crippen molar-refractivity contribution in [1.29, 1.82) is 0 Å². The van der Waals surface area contributed by atoms with E-state index < -0.39 is 0 Å². The van der Waals surface area contributed by atoms with Crippen LogP contribution < -0.4 is 0 Å². The lowest BCUT2D eigenvalue weighted by molar-refractivity contribution is -0.109. The van der Waals surface area contributed by atoms with Crippen LogP contribution in [-0.4, -0.2) is 10.9 Å². The third-order valence-electron chi connectivity index (χ3n) is 5.69. The Morgan fingerprint density at radius 2 is 1.20 bits per heavy atom. The molecule has 25 heavy (non-hydrogen) atoms. The van der Waals surface area contributed by atoms with E-state index in [1.54, 1.807) is 6.92 Å². The molecule has 0 atom stereocenters. The number of hydrogen-bond acceptors (Lipinski definition) is 2. The van der Waals surface area contributed by atoms with E-state index in [0.29, 0.717) is 5.92 Å². The zero-order valence-corrected chi connectivity index (χ0v) is 14.8. The highest BCUT2D eigenvalue weighted by atomic mass is 32.2. The molecule has 2 bridgehead atoms. The zero-order chi connectivity index (χ0) is 17.0. The van der Waals surface area contributed by atoms with Gasteiger partial charge in [0.25, 0.3) is 0 Å². The van der Waals surface area contributed by atoms with E-state index in [0.717, 1.165) is 5.75 Å². The van der Waals surface area contributed by atoms with Crippen LogP contribution in [0.2, 0.25) is 0 Å². The Labute approximate surface area is 152 Å². The molecular formula is C23H18OS.